The SMILES string of the molecule is CCN1CC2CC1CN2c1nccs1. The van der Waals surface area contributed by atoms with E-state index in [4.69, 9.17) is 0 Å². The van der Waals surface area contributed by atoms with Crippen molar-refractivity contribution in [1.82, 2.24) is 9.88 Å². The Bertz CT molecular complexity index is 311. The molecule has 3 rings (SSSR count). The largest absolute Gasteiger partial charge is 0.342 e. The number of hydrogen-bond acceptors (Lipinski definition) is 4. The Kier molecular flexibility index (Phi) is 1.99. The van der Waals surface area contributed by atoms with Gasteiger partial charge in [0.1, 0.15) is 0 Å². The Morgan fingerprint density at radius 2 is 2.43 bits per heavy atom. The molecule has 1 aromatic heterocycles. The summed E-state index contributed by atoms with van der Waals surface area (Å²) in [4.78, 5) is 9.47. The van der Waals surface area contributed by atoms with Crippen LogP contribution in [0.15, 0.2) is 11.6 Å². The van der Waals surface area contributed by atoms with E-state index < -0.39 is 0 Å². The van der Waals surface area contributed by atoms with Crippen molar-refractivity contribution in [3.05, 3.63) is 11.6 Å². The molecule has 4 heteroatoms. The molecule has 2 saturated heterocycles. The van der Waals surface area contributed by atoms with Crippen molar-refractivity contribution in [1.29, 1.82) is 0 Å². The fourth-order valence-electron chi connectivity index (χ4n) is 2.73. The van der Waals surface area contributed by atoms with Crippen molar-refractivity contribution in [2.75, 3.05) is 24.5 Å². The van der Waals surface area contributed by atoms with Crippen LogP contribution < -0.4 is 4.90 Å². The molecule has 14 heavy (non-hydrogen) atoms. The molecule has 2 unspecified atom stereocenters. The van der Waals surface area contributed by atoms with Gasteiger partial charge in [-0.25, -0.2) is 4.98 Å². The predicted octanol–water partition coefficient (Wildman–Crippen LogP) is 1.43. The predicted molar refractivity (Wildman–Crippen MR) is 58.9 cm³/mol. The van der Waals surface area contributed by atoms with Crippen LogP contribution in [0.1, 0.15) is 13.3 Å². The minimum atomic E-state index is 0.728. The van der Waals surface area contributed by atoms with E-state index in [-0.39, 0.29) is 0 Å². The lowest BCUT2D eigenvalue weighted by Crippen LogP contribution is -2.46. The minimum absolute atomic E-state index is 0.728. The van der Waals surface area contributed by atoms with Crippen molar-refractivity contribution in [3.8, 4) is 0 Å². The molecule has 2 fully saturated rings. The zero-order chi connectivity index (χ0) is 9.54. The summed E-state index contributed by atoms with van der Waals surface area (Å²) in [6, 6.07) is 1.51. The van der Waals surface area contributed by atoms with E-state index in [0.29, 0.717) is 0 Å². The van der Waals surface area contributed by atoms with Crippen molar-refractivity contribution in [2.24, 2.45) is 0 Å². The molecule has 0 aromatic carbocycles. The molecular weight excluding hydrogens is 194 g/mol. The quantitative estimate of drug-likeness (QED) is 0.734. The Labute approximate surface area is 88.4 Å². The number of rotatable bonds is 2. The third-order valence-corrected chi connectivity index (χ3v) is 4.23. The zero-order valence-corrected chi connectivity index (χ0v) is 9.20. The number of likely N-dealkylation sites (N-methyl/N-ethyl adjacent to an activating group) is 1. The van der Waals surface area contributed by atoms with Crippen molar-refractivity contribution in [3.63, 3.8) is 0 Å². The van der Waals surface area contributed by atoms with Gasteiger partial charge in [0, 0.05) is 36.8 Å². The number of anilines is 1. The molecule has 3 nitrogen and oxygen atoms in total. The summed E-state index contributed by atoms with van der Waals surface area (Å²) in [5.41, 5.74) is 0. The second kappa shape index (κ2) is 3.21. The molecule has 3 heterocycles. The van der Waals surface area contributed by atoms with E-state index in [1.165, 1.54) is 31.2 Å². The van der Waals surface area contributed by atoms with Gasteiger partial charge >= 0.3 is 0 Å². The smallest absolute Gasteiger partial charge is 0.185 e. The summed E-state index contributed by atoms with van der Waals surface area (Å²) in [5, 5.41) is 3.28. The summed E-state index contributed by atoms with van der Waals surface area (Å²) >= 11 is 1.76. The molecule has 0 N–H and O–H groups in total. The van der Waals surface area contributed by atoms with Crippen LogP contribution in [0.4, 0.5) is 5.13 Å². The number of nitrogens with zero attached hydrogens (tertiary/aromatic N) is 3. The van der Waals surface area contributed by atoms with Crippen LogP contribution in [0.2, 0.25) is 0 Å². The zero-order valence-electron chi connectivity index (χ0n) is 8.39. The molecule has 2 bridgehead atoms. The lowest BCUT2D eigenvalue weighted by molar-refractivity contribution is 0.251. The summed E-state index contributed by atoms with van der Waals surface area (Å²) in [6.45, 7) is 5.88. The normalized spacial score (nSPS) is 31.6. The maximum absolute atomic E-state index is 4.39. The average Bonchev–Trinajstić information content (AvgIpc) is 2.91. The third-order valence-electron chi connectivity index (χ3n) is 3.43. The van der Waals surface area contributed by atoms with Crippen molar-refractivity contribution < 1.29 is 0 Å². The van der Waals surface area contributed by atoms with Crippen LogP contribution in [0.3, 0.4) is 0 Å². The molecule has 0 radical (unpaired) electrons. The Balaban J connectivity index is 1.77. The molecule has 2 aliphatic heterocycles. The van der Waals surface area contributed by atoms with Gasteiger partial charge < -0.3 is 4.90 Å². The topological polar surface area (TPSA) is 19.4 Å². The molecule has 76 valence electrons. The van der Waals surface area contributed by atoms with Gasteiger partial charge in [0.25, 0.3) is 0 Å². The highest BCUT2D eigenvalue weighted by Gasteiger charge is 2.43. The van der Waals surface area contributed by atoms with Crippen LogP contribution in [0.5, 0.6) is 0 Å². The molecule has 0 aliphatic carbocycles. The highest BCUT2D eigenvalue weighted by atomic mass is 32.1. The first-order valence-electron chi connectivity index (χ1n) is 5.28. The van der Waals surface area contributed by atoms with Gasteiger partial charge in [-0.15, -0.1) is 11.3 Å². The first kappa shape index (κ1) is 8.68. The number of thiazole rings is 1. The van der Waals surface area contributed by atoms with E-state index in [9.17, 15) is 0 Å². The van der Waals surface area contributed by atoms with E-state index >= 15 is 0 Å². The van der Waals surface area contributed by atoms with Gasteiger partial charge in [-0.3, -0.25) is 4.90 Å². The summed E-state index contributed by atoms with van der Waals surface area (Å²) in [6.07, 6.45) is 3.25. The lowest BCUT2D eigenvalue weighted by atomic mass is 10.2. The Hall–Kier alpha value is -0.610. The van der Waals surface area contributed by atoms with Crippen LogP contribution >= 0.6 is 11.3 Å². The minimum Gasteiger partial charge on any atom is -0.342 e. The fraction of sp³-hybridized carbons (Fsp3) is 0.700. The van der Waals surface area contributed by atoms with E-state index in [1.54, 1.807) is 11.3 Å². The maximum Gasteiger partial charge on any atom is 0.185 e. The molecule has 0 spiro atoms. The lowest BCUT2D eigenvalue weighted by Gasteiger charge is -2.33. The fourth-order valence-corrected chi connectivity index (χ4v) is 3.45. The Morgan fingerprint density at radius 3 is 3.00 bits per heavy atom. The number of fused-ring (bicyclic) bond motifs is 2. The highest BCUT2D eigenvalue weighted by molar-refractivity contribution is 7.13. The van der Waals surface area contributed by atoms with Gasteiger partial charge in [0.05, 0.1) is 0 Å². The molecule has 0 saturated carbocycles. The first-order chi connectivity index (χ1) is 6.88. The van der Waals surface area contributed by atoms with E-state index in [0.717, 1.165) is 12.1 Å². The number of piperazine rings is 1. The van der Waals surface area contributed by atoms with E-state index in [1.807, 2.05) is 6.20 Å². The number of hydrogen-bond donors (Lipinski definition) is 0. The Morgan fingerprint density at radius 1 is 1.50 bits per heavy atom. The van der Waals surface area contributed by atoms with Crippen LogP contribution in [-0.2, 0) is 0 Å². The molecule has 2 atom stereocenters. The molecule has 0 amide bonds. The molecular formula is C10H15N3S. The van der Waals surface area contributed by atoms with Gasteiger partial charge in [-0.2, -0.15) is 0 Å². The monoisotopic (exact) mass is 209 g/mol. The number of aromatic nitrogens is 1. The molecule has 2 aliphatic rings. The van der Waals surface area contributed by atoms with Crippen molar-refractivity contribution >= 4 is 16.5 Å². The summed E-state index contributed by atoms with van der Waals surface area (Å²) < 4.78 is 0. The summed E-state index contributed by atoms with van der Waals surface area (Å²) in [7, 11) is 0. The summed E-state index contributed by atoms with van der Waals surface area (Å²) in [5.74, 6) is 0. The van der Waals surface area contributed by atoms with Crippen LogP contribution in [-0.4, -0.2) is 41.6 Å². The second-order valence-electron chi connectivity index (χ2n) is 4.10. The van der Waals surface area contributed by atoms with Gasteiger partial charge in [-0.1, -0.05) is 6.92 Å². The third kappa shape index (κ3) is 1.17. The second-order valence-corrected chi connectivity index (χ2v) is 4.97. The average molecular weight is 209 g/mol. The van der Waals surface area contributed by atoms with Crippen LogP contribution in [0, 0.1) is 0 Å². The van der Waals surface area contributed by atoms with E-state index in [2.05, 4.69) is 27.1 Å². The maximum atomic E-state index is 4.39. The standard InChI is InChI=1S/C10H15N3S/c1-2-12-6-9-5-8(12)7-13(9)10-11-3-4-14-10/h3-4,8-9H,2,5-7H2,1H3. The van der Waals surface area contributed by atoms with Gasteiger partial charge in [0.2, 0.25) is 0 Å². The van der Waals surface area contributed by atoms with Gasteiger partial charge in [0.15, 0.2) is 5.13 Å². The van der Waals surface area contributed by atoms with Gasteiger partial charge in [-0.05, 0) is 13.0 Å². The first-order valence-corrected chi connectivity index (χ1v) is 6.16. The highest BCUT2D eigenvalue weighted by Crippen LogP contribution is 2.34. The van der Waals surface area contributed by atoms with Crippen molar-refractivity contribution in [2.45, 2.75) is 25.4 Å². The molecule has 1 aromatic rings. The van der Waals surface area contributed by atoms with Crippen LogP contribution in [0.25, 0.3) is 0 Å². The number of likely N-dealkylation sites (tertiary alicyclic amines) is 1.